The summed E-state index contributed by atoms with van der Waals surface area (Å²) in [5, 5.41) is 3.36. The molecule has 2 aromatic rings. The number of benzene rings is 1. The van der Waals surface area contributed by atoms with Gasteiger partial charge in [0.05, 0.1) is 23.0 Å². The van der Waals surface area contributed by atoms with E-state index in [9.17, 15) is 14.4 Å². The Labute approximate surface area is 138 Å². The van der Waals surface area contributed by atoms with E-state index < -0.39 is 11.2 Å². The van der Waals surface area contributed by atoms with E-state index in [1.807, 2.05) is 6.92 Å². The minimum Gasteiger partial charge on any atom is -0.376 e. The van der Waals surface area contributed by atoms with Crippen LogP contribution in [0, 0.1) is 0 Å². The molecule has 0 bridgehead atoms. The molecule has 1 aromatic carbocycles. The minimum absolute atomic E-state index is 0.0518. The van der Waals surface area contributed by atoms with Crippen LogP contribution in [-0.4, -0.2) is 34.2 Å². The van der Waals surface area contributed by atoms with Crippen LogP contribution in [0.5, 0.6) is 0 Å². The van der Waals surface area contributed by atoms with Gasteiger partial charge in [-0.2, -0.15) is 0 Å². The van der Waals surface area contributed by atoms with Crippen molar-refractivity contribution in [2.75, 3.05) is 6.61 Å². The lowest BCUT2D eigenvalue weighted by molar-refractivity contribution is -0.122. The number of nitrogens with zero attached hydrogens (tertiary/aromatic N) is 1. The first-order valence-corrected chi connectivity index (χ1v) is 8.19. The molecule has 0 aliphatic carbocycles. The Hall–Kier alpha value is -2.41. The van der Waals surface area contributed by atoms with Gasteiger partial charge in [-0.15, -0.1) is 0 Å². The molecule has 1 aliphatic heterocycles. The molecule has 128 valence electrons. The van der Waals surface area contributed by atoms with Gasteiger partial charge in [0.2, 0.25) is 5.91 Å². The lowest BCUT2D eigenvalue weighted by Crippen LogP contribution is -2.41. The van der Waals surface area contributed by atoms with Gasteiger partial charge in [-0.05, 0) is 31.9 Å². The molecule has 0 unspecified atom stereocenters. The average molecular weight is 331 g/mol. The number of aryl methyl sites for hydroxylation is 1. The van der Waals surface area contributed by atoms with Crippen LogP contribution in [0.15, 0.2) is 33.9 Å². The number of amides is 1. The first-order chi connectivity index (χ1) is 11.6. The van der Waals surface area contributed by atoms with Crippen LogP contribution in [0.2, 0.25) is 0 Å². The molecule has 1 aliphatic rings. The third-order valence-corrected chi connectivity index (χ3v) is 4.38. The van der Waals surface area contributed by atoms with E-state index in [1.54, 1.807) is 24.3 Å². The van der Waals surface area contributed by atoms with Crippen molar-refractivity contribution >= 4 is 16.8 Å². The fourth-order valence-electron chi connectivity index (χ4n) is 3.09. The average Bonchev–Trinajstić information content (AvgIpc) is 3.09. The highest BCUT2D eigenvalue weighted by atomic mass is 16.5. The smallest absolute Gasteiger partial charge is 0.328 e. The number of hydrogen-bond donors (Lipinski definition) is 2. The zero-order chi connectivity index (χ0) is 17.1. The molecule has 1 aromatic heterocycles. The molecule has 7 heteroatoms. The van der Waals surface area contributed by atoms with Crippen molar-refractivity contribution in [3.63, 3.8) is 0 Å². The van der Waals surface area contributed by atoms with Crippen LogP contribution in [-0.2, 0) is 16.1 Å². The molecule has 7 nitrogen and oxygen atoms in total. The lowest BCUT2D eigenvalue weighted by atomic mass is 10.1. The summed E-state index contributed by atoms with van der Waals surface area (Å²) in [4.78, 5) is 38.3. The number of aromatic amines is 1. The summed E-state index contributed by atoms with van der Waals surface area (Å²) in [5.74, 6) is -0.139. The molecular weight excluding hydrogens is 310 g/mol. The zero-order valence-corrected chi connectivity index (χ0v) is 13.6. The molecule has 2 N–H and O–H groups in total. The summed E-state index contributed by atoms with van der Waals surface area (Å²) in [6.45, 7) is 2.87. The summed E-state index contributed by atoms with van der Waals surface area (Å²) in [5.41, 5.74) is -0.381. The van der Waals surface area contributed by atoms with Crippen LogP contribution in [0.25, 0.3) is 10.9 Å². The predicted molar refractivity (Wildman–Crippen MR) is 90.0 cm³/mol. The fourth-order valence-corrected chi connectivity index (χ4v) is 3.09. The molecule has 0 spiro atoms. The van der Waals surface area contributed by atoms with Crippen molar-refractivity contribution in [2.24, 2.45) is 0 Å². The normalized spacial score (nSPS) is 18.6. The Morgan fingerprint density at radius 2 is 2.21 bits per heavy atom. The van der Waals surface area contributed by atoms with Gasteiger partial charge in [0.25, 0.3) is 5.56 Å². The van der Waals surface area contributed by atoms with Crippen LogP contribution in [0.1, 0.15) is 26.2 Å². The highest BCUT2D eigenvalue weighted by Gasteiger charge is 2.23. The Morgan fingerprint density at radius 1 is 1.42 bits per heavy atom. The van der Waals surface area contributed by atoms with E-state index in [1.165, 1.54) is 4.57 Å². The summed E-state index contributed by atoms with van der Waals surface area (Å²) < 4.78 is 6.98. The van der Waals surface area contributed by atoms with Crippen LogP contribution in [0.3, 0.4) is 0 Å². The number of H-pyrrole nitrogens is 1. The van der Waals surface area contributed by atoms with Gasteiger partial charge in [-0.1, -0.05) is 12.1 Å². The van der Waals surface area contributed by atoms with Crippen LogP contribution in [0.4, 0.5) is 0 Å². The highest BCUT2D eigenvalue weighted by Crippen LogP contribution is 2.15. The standard InChI is InChI=1S/C17H21N3O4/c1-11(14-7-4-10-24-14)18-15(21)8-9-20-13-6-3-2-5-12(13)16(22)19-17(20)23/h2-3,5-6,11,14H,4,7-10H2,1H3,(H,18,21)(H,19,22,23)/t11-,14+/m1/s1. The molecule has 0 saturated carbocycles. The SMILES string of the molecule is C[C@@H](NC(=O)CCn1c(=O)[nH]c(=O)c2ccccc21)[C@@H]1CCCO1. The van der Waals surface area contributed by atoms with Crippen molar-refractivity contribution < 1.29 is 9.53 Å². The number of carbonyl (C=O) groups is 1. The Morgan fingerprint density at radius 3 is 2.96 bits per heavy atom. The van der Waals surface area contributed by atoms with Crippen molar-refractivity contribution in [2.45, 2.75) is 44.9 Å². The van der Waals surface area contributed by atoms with Crippen LogP contribution >= 0.6 is 0 Å². The topological polar surface area (TPSA) is 93.2 Å². The maximum atomic E-state index is 12.1. The number of nitrogens with one attached hydrogen (secondary N) is 2. The summed E-state index contributed by atoms with van der Waals surface area (Å²) >= 11 is 0. The molecule has 2 atom stereocenters. The lowest BCUT2D eigenvalue weighted by Gasteiger charge is -2.20. The second-order valence-corrected chi connectivity index (χ2v) is 6.09. The van der Waals surface area contributed by atoms with Gasteiger partial charge in [0.15, 0.2) is 0 Å². The molecule has 1 amide bonds. The van der Waals surface area contributed by atoms with Gasteiger partial charge >= 0.3 is 5.69 Å². The number of aromatic nitrogens is 2. The van der Waals surface area contributed by atoms with E-state index in [0.717, 1.165) is 19.4 Å². The summed E-state index contributed by atoms with van der Waals surface area (Å²) in [7, 11) is 0. The quantitative estimate of drug-likeness (QED) is 0.846. The molecule has 2 heterocycles. The Balaban J connectivity index is 1.70. The second-order valence-electron chi connectivity index (χ2n) is 6.09. The molecule has 3 rings (SSSR count). The number of carbonyl (C=O) groups excluding carboxylic acids is 1. The fraction of sp³-hybridized carbons (Fsp3) is 0.471. The van der Waals surface area contributed by atoms with Crippen molar-refractivity contribution in [1.82, 2.24) is 14.9 Å². The summed E-state index contributed by atoms with van der Waals surface area (Å²) in [6, 6.07) is 6.81. The zero-order valence-electron chi connectivity index (χ0n) is 13.6. The maximum absolute atomic E-state index is 12.1. The Bertz CT molecular complexity index is 849. The third-order valence-electron chi connectivity index (χ3n) is 4.38. The third kappa shape index (κ3) is 3.41. The largest absolute Gasteiger partial charge is 0.376 e. The number of hydrogen-bond acceptors (Lipinski definition) is 4. The van der Waals surface area contributed by atoms with E-state index in [-0.39, 0.29) is 31.0 Å². The van der Waals surface area contributed by atoms with Crippen LogP contribution < -0.4 is 16.6 Å². The van der Waals surface area contributed by atoms with E-state index in [2.05, 4.69) is 10.3 Å². The number of para-hydroxylation sites is 1. The van der Waals surface area contributed by atoms with Gasteiger partial charge < -0.3 is 10.1 Å². The maximum Gasteiger partial charge on any atom is 0.328 e. The van der Waals surface area contributed by atoms with E-state index in [4.69, 9.17) is 4.74 Å². The molecule has 0 radical (unpaired) electrons. The first-order valence-electron chi connectivity index (χ1n) is 8.19. The molecule has 1 fully saturated rings. The molecule has 1 saturated heterocycles. The number of fused-ring (bicyclic) bond motifs is 1. The minimum atomic E-state index is -0.501. The molecule has 24 heavy (non-hydrogen) atoms. The first kappa shape index (κ1) is 16.4. The van der Waals surface area contributed by atoms with Crippen molar-refractivity contribution in [1.29, 1.82) is 0 Å². The van der Waals surface area contributed by atoms with Gasteiger partial charge in [0, 0.05) is 19.6 Å². The van der Waals surface area contributed by atoms with Gasteiger partial charge in [-0.25, -0.2) is 4.79 Å². The second kappa shape index (κ2) is 7.00. The highest BCUT2D eigenvalue weighted by molar-refractivity contribution is 5.79. The molecular formula is C17H21N3O4. The number of ether oxygens (including phenoxy) is 1. The number of rotatable bonds is 5. The van der Waals surface area contributed by atoms with Gasteiger partial charge in [0.1, 0.15) is 0 Å². The van der Waals surface area contributed by atoms with Gasteiger partial charge in [-0.3, -0.25) is 19.1 Å². The monoisotopic (exact) mass is 331 g/mol. The van der Waals surface area contributed by atoms with E-state index in [0.29, 0.717) is 10.9 Å². The van der Waals surface area contributed by atoms with Crippen molar-refractivity contribution in [3.8, 4) is 0 Å². The van der Waals surface area contributed by atoms with Crippen molar-refractivity contribution in [3.05, 3.63) is 45.1 Å². The predicted octanol–water partition coefficient (Wildman–Crippen LogP) is 0.764. The van der Waals surface area contributed by atoms with E-state index >= 15 is 0 Å². The Kier molecular flexibility index (Phi) is 4.80. The summed E-state index contributed by atoms with van der Waals surface area (Å²) in [6.07, 6.45) is 2.19.